The molecule has 3 rings (SSSR count). The first-order valence-electron chi connectivity index (χ1n) is 5.34. The standard InChI is InChI=1S/C14H6N2O2/c15-6-8(7-16)10-5-11(17)13-9-3-1-2-4-12(9)18-14(10)13/h1-4H,5H2. The van der Waals surface area contributed by atoms with Crippen molar-refractivity contribution >= 4 is 22.3 Å². The van der Waals surface area contributed by atoms with Crippen molar-refractivity contribution in [1.82, 2.24) is 0 Å². The number of hydrogen-bond acceptors (Lipinski definition) is 4. The van der Waals surface area contributed by atoms with E-state index in [-0.39, 0.29) is 17.8 Å². The Balaban J connectivity index is 2.40. The average Bonchev–Trinajstić information content (AvgIpc) is 2.90. The minimum Gasteiger partial charge on any atom is -0.456 e. The van der Waals surface area contributed by atoms with Crippen molar-refractivity contribution in [2.24, 2.45) is 0 Å². The molecule has 0 amide bonds. The Morgan fingerprint density at radius 1 is 1.22 bits per heavy atom. The number of nitriles is 2. The molecule has 0 saturated heterocycles. The summed E-state index contributed by atoms with van der Waals surface area (Å²) in [5, 5.41) is 18.5. The number of nitrogens with zero attached hydrogens (tertiary/aromatic N) is 2. The maximum atomic E-state index is 12.0. The Bertz CT molecular complexity index is 781. The maximum Gasteiger partial charge on any atom is 0.171 e. The van der Waals surface area contributed by atoms with E-state index in [9.17, 15) is 4.79 Å². The molecule has 0 atom stereocenters. The fourth-order valence-corrected chi connectivity index (χ4v) is 2.23. The third-order valence-electron chi connectivity index (χ3n) is 3.01. The van der Waals surface area contributed by atoms with Gasteiger partial charge in [0, 0.05) is 17.4 Å². The van der Waals surface area contributed by atoms with Crippen LogP contribution in [0.4, 0.5) is 0 Å². The van der Waals surface area contributed by atoms with E-state index in [1.807, 2.05) is 12.1 Å². The second kappa shape index (κ2) is 3.58. The molecule has 0 aliphatic heterocycles. The van der Waals surface area contributed by atoms with Crippen LogP contribution >= 0.6 is 0 Å². The Morgan fingerprint density at radius 2 is 1.94 bits per heavy atom. The van der Waals surface area contributed by atoms with Crippen LogP contribution in [0.1, 0.15) is 22.5 Å². The van der Waals surface area contributed by atoms with Gasteiger partial charge in [-0.2, -0.15) is 10.5 Å². The highest BCUT2D eigenvalue weighted by Gasteiger charge is 2.33. The molecule has 18 heavy (non-hydrogen) atoms. The fourth-order valence-electron chi connectivity index (χ4n) is 2.23. The highest BCUT2D eigenvalue weighted by Crippen LogP contribution is 2.40. The molecule has 4 nitrogen and oxygen atoms in total. The lowest BCUT2D eigenvalue weighted by Gasteiger charge is -1.93. The van der Waals surface area contributed by atoms with Crippen LogP contribution in [0.15, 0.2) is 34.3 Å². The largest absolute Gasteiger partial charge is 0.456 e. The first-order valence-corrected chi connectivity index (χ1v) is 5.34. The second-order valence-electron chi connectivity index (χ2n) is 3.98. The van der Waals surface area contributed by atoms with Gasteiger partial charge in [-0.15, -0.1) is 0 Å². The molecule has 1 aliphatic rings. The van der Waals surface area contributed by atoms with Crippen molar-refractivity contribution in [3.05, 3.63) is 41.2 Å². The van der Waals surface area contributed by atoms with Gasteiger partial charge in [0.2, 0.25) is 0 Å². The summed E-state index contributed by atoms with van der Waals surface area (Å²) in [5.41, 5.74) is 1.43. The van der Waals surface area contributed by atoms with Crippen LogP contribution in [0.2, 0.25) is 0 Å². The third-order valence-corrected chi connectivity index (χ3v) is 3.01. The molecule has 1 aromatic heterocycles. The number of carbonyl (C=O) groups is 1. The molecule has 1 aliphatic carbocycles. The van der Waals surface area contributed by atoms with Gasteiger partial charge >= 0.3 is 0 Å². The van der Waals surface area contributed by atoms with E-state index in [0.717, 1.165) is 5.39 Å². The van der Waals surface area contributed by atoms with Crippen molar-refractivity contribution in [2.45, 2.75) is 6.42 Å². The Kier molecular flexibility index (Phi) is 2.05. The Hall–Kier alpha value is -2.85. The molecule has 0 bridgehead atoms. The van der Waals surface area contributed by atoms with Crippen LogP contribution in [0.25, 0.3) is 16.5 Å². The van der Waals surface area contributed by atoms with Crippen LogP contribution in [0, 0.1) is 22.7 Å². The van der Waals surface area contributed by atoms with Gasteiger partial charge in [0.15, 0.2) is 5.78 Å². The lowest BCUT2D eigenvalue weighted by molar-refractivity contribution is 0.101. The molecule has 2 aromatic rings. The van der Waals surface area contributed by atoms with Crippen molar-refractivity contribution in [3.8, 4) is 12.1 Å². The van der Waals surface area contributed by atoms with Gasteiger partial charge in [0.05, 0.1) is 5.56 Å². The molecule has 0 radical (unpaired) electrons. The number of hydrogen-bond donors (Lipinski definition) is 0. The molecule has 84 valence electrons. The molecule has 0 saturated carbocycles. The number of allylic oxidation sites excluding steroid dienone is 2. The average molecular weight is 234 g/mol. The number of rotatable bonds is 0. The van der Waals surface area contributed by atoms with Crippen molar-refractivity contribution < 1.29 is 9.21 Å². The topological polar surface area (TPSA) is 77.8 Å². The van der Waals surface area contributed by atoms with E-state index < -0.39 is 0 Å². The number of para-hydroxylation sites is 1. The van der Waals surface area contributed by atoms with E-state index in [1.54, 1.807) is 24.3 Å². The van der Waals surface area contributed by atoms with Gasteiger partial charge in [-0.05, 0) is 6.07 Å². The minimum absolute atomic E-state index is 0.0545. The van der Waals surface area contributed by atoms with Crippen LogP contribution in [0.3, 0.4) is 0 Å². The lowest BCUT2D eigenvalue weighted by atomic mass is 10.1. The lowest BCUT2D eigenvalue weighted by Crippen LogP contribution is -1.89. The van der Waals surface area contributed by atoms with E-state index >= 15 is 0 Å². The predicted molar refractivity (Wildman–Crippen MR) is 63.3 cm³/mol. The van der Waals surface area contributed by atoms with Crippen LogP contribution < -0.4 is 0 Å². The number of fused-ring (bicyclic) bond motifs is 3. The molecule has 1 aromatic carbocycles. The Labute approximate surface area is 102 Å². The van der Waals surface area contributed by atoms with Crippen molar-refractivity contribution in [3.63, 3.8) is 0 Å². The number of ketones is 1. The normalized spacial score (nSPS) is 13.2. The van der Waals surface area contributed by atoms with Crippen LogP contribution in [-0.4, -0.2) is 5.78 Å². The van der Waals surface area contributed by atoms with E-state index in [2.05, 4.69) is 0 Å². The summed E-state index contributed by atoms with van der Waals surface area (Å²) in [6.07, 6.45) is 0.0649. The van der Waals surface area contributed by atoms with Gasteiger partial charge in [0.25, 0.3) is 0 Å². The SMILES string of the molecule is N#CC(C#N)=C1CC(=O)c2c1oc1ccccc21. The number of carbonyl (C=O) groups excluding carboxylic acids is 1. The summed E-state index contributed by atoms with van der Waals surface area (Å²) >= 11 is 0. The van der Waals surface area contributed by atoms with E-state index in [1.165, 1.54) is 0 Å². The third kappa shape index (κ3) is 1.20. The van der Waals surface area contributed by atoms with Gasteiger partial charge < -0.3 is 4.42 Å². The summed E-state index contributed by atoms with van der Waals surface area (Å²) in [6.45, 7) is 0. The van der Waals surface area contributed by atoms with Gasteiger partial charge in [0.1, 0.15) is 29.1 Å². The monoisotopic (exact) mass is 234 g/mol. The molecule has 0 N–H and O–H groups in total. The highest BCUT2D eigenvalue weighted by atomic mass is 16.3. The van der Waals surface area contributed by atoms with E-state index in [0.29, 0.717) is 22.5 Å². The van der Waals surface area contributed by atoms with Crippen molar-refractivity contribution in [2.75, 3.05) is 0 Å². The molecule has 0 spiro atoms. The molecule has 4 heteroatoms. The van der Waals surface area contributed by atoms with Gasteiger partial charge in [-0.1, -0.05) is 18.2 Å². The predicted octanol–water partition coefficient (Wildman–Crippen LogP) is 2.82. The fraction of sp³-hybridized carbons (Fsp3) is 0.0714. The zero-order valence-electron chi connectivity index (χ0n) is 9.23. The maximum absolute atomic E-state index is 12.0. The number of benzene rings is 1. The second-order valence-corrected chi connectivity index (χ2v) is 3.98. The molecular weight excluding hydrogens is 228 g/mol. The van der Waals surface area contributed by atoms with Gasteiger partial charge in [-0.3, -0.25) is 4.79 Å². The van der Waals surface area contributed by atoms with Crippen molar-refractivity contribution in [1.29, 1.82) is 10.5 Å². The molecule has 1 heterocycles. The number of Topliss-reactive ketones (excluding diaryl/α,β-unsaturated/α-hetero) is 1. The summed E-state index contributed by atoms with van der Waals surface area (Å²) in [5.74, 6) is 0.271. The van der Waals surface area contributed by atoms with Crippen LogP contribution in [0.5, 0.6) is 0 Å². The first-order chi connectivity index (χ1) is 8.76. The van der Waals surface area contributed by atoms with E-state index in [4.69, 9.17) is 14.9 Å². The molecule has 0 unspecified atom stereocenters. The summed E-state index contributed by atoms with van der Waals surface area (Å²) in [7, 11) is 0. The quantitative estimate of drug-likeness (QED) is 0.656. The summed E-state index contributed by atoms with van der Waals surface area (Å²) < 4.78 is 5.60. The Morgan fingerprint density at radius 3 is 2.67 bits per heavy atom. The summed E-state index contributed by atoms with van der Waals surface area (Å²) in [6, 6.07) is 10.8. The molecule has 0 fully saturated rings. The highest BCUT2D eigenvalue weighted by molar-refractivity contribution is 6.19. The van der Waals surface area contributed by atoms with Gasteiger partial charge in [-0.25, -0.2) is 0 Å². The zero-order chi connectivity index (χ0) is 12.7. The zero-order valence-corrected chi connectivity index (χ0v) is 9.23. The first kappa shape index (κ1) is 10.3. The minimum atomic E-state index is -0.104. The smallest absolute Gasteiger partial charge is 0.171 e. The summed E-state index contributed by atoms with van der Waals surface area (Å²) in [4.78, 5) is 12.0. The number of furan rings is 1. The molecular formula is C14H6N2O2. The van der Waals surface area contributed by atoms with Crippen LogP contribution in [-0.2, 0) is 0 Å².